The molecule has 0 rings (SSSR count). The normalized spacial score (nSPS) is 11.1. The minimum absolute atomic E-state index is 0.178. The van der Waals surface area contributed by atoms with E-state index in [2.05, 4.69) is 5.14 Å². The summed E-state index contributed by atoms with van der Waals surface area (Å²) in [6.07, 6.45) is -0.178. The van der Waals surface area contributed by atoms with E-state index in [9.17, 15) is 13.2 Å². The molecule has 66 valence electrons. The zero-order chi connectivity index (χ0) is 8.91. The summed E-state index contributed by atoms with van der Waals surface area (Å²) >= 11 is 0. The lowest BCUT2D eigenvalue weighted by molar-refractivity contribution is -0.122. The van der Waals surface area contributed by atoms with Crippen LogP contribution in [0.1, 0.15) is 6.42 Å². The van der Waals surface area contributed by atoms with Gasteiger partial charge in [-0.2, -0.15) is 8.42 Å². The molecule has 7 nitrogen and oxygen atoms in total. The maximum atomic E-state index is 10.4. The van der Waals surface area contributed by atoms with Gasteiger partial charge in [-0.05, 0) is 0 Å². The minimum atomic E-state index is -3.90. The molecular formula is C3H9N3O4S. The second kappa shape index (κ2) is 4.23. The van der Waals surface area contributed by atoms with Crippen LogP contribution in [0.2, 0.25) is 0 Å². The molecule has 0 saturated heterocycles. The van der Waals surface area contributed by atoms with Crippen molar-refractivity contribution >= 4 is 16.1 Å². The molecule has 0 fully saturated rings. The summed E-state index contributed by atoms with van der Waals surface area (Å²) in [6.45, 7) is -0.349. The number of hydrogen-bond donors (Lipinski definition) is 4. The van der Waals surface area contributed by atoms with E-state index >= 15 is 0 Å². The van der Waals surface area contributed by atoms with Crippen LogP contribution >= 0.6 is 0 Å². The van der Waals surface area contributed by atoms with E-state index in [1.165, 1.54) is 0 Å². The third kappa shape index (κ3) is 7.19. The van der Waals surface area contributed by atoms with Crippen molar-refractivity contribution in [3.8, 4) is 0 Å². The average molecular weight is 183 g/mol. The molecule has 11 heavy (non-hydrogen) atoms. The van der Waals surface area contributed by atoms with E-state index in [4.69, 9.17) is 5.11 Å². The van der Waals surface area contributed by atoms with Gasteiger partial charge in [0.1, 0.15) is 0 Å². The maximum absolute atomic E-state index is 10.4. The Morgan fingerprint density at radius 2 is 2.09 bits per heavy atom. The van der Waals surface area contributed by atoms with Gasteiger partial charge in [0, 0.05) is 0 Å². The molecule has 0 aliphatic carbocycles. The number of nitrogens with one attached hydrogen (secondary N) is 2. The Kier molecular flexibility index (Phi) is 3.97. The lowest BCUT2D eigenvalue weighted by atomic mass is 10.4. The molecule has 0 atom stereocenters. The van der Waals surface area contributed by atoms with Gasteiger partial charge in [-0.15, -0.1) is 4.83 Å². The molecule has 0 bridgehead atoms. The zero-order valence-corrected chi connectivity index (χ0v) is 6.39. The topological polar surface area (TPSA) is 122 Å². The zero-order valence-electron chi connectivity index (χ0n) is 5.57. The Morgan fingerprint density at radius 3 is 2.45 bits per heavy atom. The Balaban J connectivity index is 3.64. The molecule has 0 aromatic carbocycles. The van der Waals surface area contributed by atoms with Gasteiger partial charge in [-0.3, -0.25) is 10.2 Å². The fraction of sp³-hybridized carbons (Fsp3) is 0.667. The smallest absolute Gasteiger partial charge is 0.291 e. The number of hydrazine groups is 1. The van der Waals surface area contributed by atoms with E-state index in [1.807, 2.05) is 0 Å². The lowest BCUT2D eigenvalue weighted by Crippen LogP contribution is -2.45. The van der Waals surface area contributed by atoms with Crippen LogP contribution in [0, 0.1) is 0 Å². The Labute approximate surface area is 63.7 Å². The predicted octanol–water partition coefficient (Wildman–Crippen LogP) is -2.81. The quantitative estimate of drug-likeness (QED) is 0.351. The number of aliphatic hydroxyl groups excluding tert-OH is 1. The van der Waals surface area contributed by atoms with E-state index in [1.54, 1.807) is 10.3 Å². The highest BCUT2D eigenvalue weighted by Crippen LogP contribution is 1.73. The number of amides is 1. The molecule has 1 amide bonds. The third-order valence-corrected chi connectivity index (χ3v) is 1.06. The van der Waals surface area contributed by atoms with Crippen LogP contribution in [0.15, 0.2) is 0 Å². The second-order valence-corrected chi connectivity index (χ2v) is 2.96. The van der Waals surface area contributed by atoms with E-state index in [0.717, 1.165) is 0 Å². The monoisotopic (exact) mass is 183 g/mol. The van der Waals surface area contributed by atoms with Crippen LogP contribution < -0.4 is 15.4 Å². The van der Waals surface area contributed by atoms with Gasteiger partial charge in [0.2, 0.25) is 5.91 Å². The second-order valence-electron chi connectivity index (χ2n) is 1.67. The van der Waals surface area contributed by atoms with E-state index < -0.39 is 16.1 Å². The van der Waals surface area contributed by atoms with E-state index in [-0.39, 0.29) is 13.0 Å². The van der Waals surface area contributed by atoms with Gasteiger partial charge in [0.25, 0.3) is 10.2 Å². The maximum Gasteiger partial charge on any atom is 0.291 e. The number of aliphatic hydroxyl groups is 1. The molecule has 0 aliphatic rings. The first-order chi connectivity index (χ1) is 4.95. The largest absolute Gasteiger partial charge is 0.396 e. The highest BCUT2D eigenvalue weighted by atomic mass is 32.2. The summed E-state index contributed by atoms with van der Waals surface area (Å²) in [5.74, 6) is -0.651. The first kappa shape index (κ1) is 10.3. The summed E-state index contributed by atoms with van der Waals surface area (Å²) in [6, 6.07) is 0. The minimum Gasteiger partial charge on any atom is -0.396 e. The molecule has 0 radical (unpaired) electrons. The van der Waals surface area contributed by atoms with Crippen molar-refractivity contribution in [2.24, 2.45) is 5.14 Å². The van der Waals surface area contributed by atoms with Crippen molar-refractivity contribution < 1.29 is 18.3 Å². The fourth-order valence-electron chi connectivity index (χ4n) is 0.292. The Bertz CT molecular complexity index is 223. The summed E-state index contributed by atoms with van der Waals surface area (Å²) in [5.41, 5.74) is 1.76. The lowest BCUT2D eigenvalue weighted by Gasteiger charge is -2.02. The summed E-state index contributed by atoms with van der Waals surface area (Å²) < 4.78 is 20.3. The number of carbonyl (C=O) groups is 1. The van der Waals surface area contributed by atoms with Gasteiger partial charge in [0.05, 0.1) is 13.0 Å². The third-order valence-electron chi connectivity index (χ3n) is 0.672. The first-order valence-corrected chi connectivity index (χ1v) is 4.19. The van der Waals surface area contributed by atoms with Crippen molar-refractivity contribution in [2.45, 2.75) is 6.42 Å². The number of nitrogens with two attached hydrogens (primary N) is 1. The first-order valence-electron chi connectivity index (χ1n) is 2.65. The molecule has 0 saturated carbocycles. The predicted molar refractivity (Wildman–Crippen MR) is 36.1 cm³/mol. The van der Waals surface area contributed by atoms with E-state index in [0.29, 0.717) is 0 Å². The molecule has 0 aromatic heterocycles. The molecule has 0 spiro atoms. The SMILES string of the molecule is NS(=O)(=O)NNC(=O)CCO. The Morgan fingerprint density at radius 1 is 1.55 bits per heavy atom. The molecule has 0 unspecified atom stereocenters. The molecule has 8 heteroatoms. The summed E-state index contributed by atoms with van der Waals surface area (Å²) in [5, 5.41) is 12.7. The van der Waals surface area contributed by atoms with Gasteiger partial charge in [-0.25, -0.2) is 5.14 Å². The van der Waals surface area contributed by atoms with Crippen molar-refractivity contribution in [2.75, 3.05) is 6.61 Å². The van der Waals surface area contributed by atoms with Crippen LogP contribution in [-0.4, -0.2) is 26.0 Å². The number of hydrogen-bond acceptors (Lipinski definition) is 4. The van der Waals surface area contributed by atoms with Crippen molar-refractivity contribution in [3.05, 3.63) is 0 Å². The molecular weight excluding hydrogens is 174 g/mol. The van der Waals surface area contributed by atoms with Crippen LogP contribution in [0.3, 0.4) is 0 Å². The summed E-state index contributed by atoms with van der Waals surface area (Å²) in [4.78, 5) is 12.0. The van der Waals surface area contributed by atoms with Crippen LogP contribution in [0.5, 0.6) is 0 Å². The van der Waals surface area contributed by atoms with Crippen molar-refractivity contribution in [1.82, 2.24) is 10.3 Å². The molecule has 0 heterocycles. The van der Waals surface area contributed by atoms with Crippen LogP contribution in [0.4, 0.5) is 0 Å². The number of carbonyl (C=O) groups excluding carboxylic acids is 1. The van der Waals surface area contributed by atoms with Gasteiger partial charge < -0.3 is 5.11 Å². The number of rotatable bonds is 4. The van der Waals surface area contributed by atoms with Crippen LogP contribution in [-0.2, 0) is 15.0 Å². The van der Waals surface area contributed by atoms with Gasteiger partial charge >= 0.3 is 0 Å². The highest BCUT2D eigenvalue weighted by Gasteiger charge is 2.03. The van der Waals surface area contributed by atoms with Crippen molar-refractivity contribution in [1.29, 1.82) is 0 Å². The molecule has 0 aliphatic heterocycles. The van der Waals surface area contributed by atoms with Gasteiger partial charge in [-0.1, -0.05) is 0 Å². The summed E-state index contributed by atoms with van der Waals surface area (Å²) in [7, 11) is -3.90. The standard InChI is InChI=1S/C3H9N3O4S/c4-11(9,10)6-5-3(8)1-2-7/h6-7H,1-2H2,(H,5,8)(H2,4,9,10). The van der Waals surface area contributed by atoms with Gasteiger partial charge in [0.15, 0.2) is 0 Å². The van der Waals surface area contributed by atoms with Crippen LogP contribution in [0.25, 0.3) is 0 Å². The highest BCUT2D eigenvalue weighted by molar-refractivity contribution is 7.87. The van der Waals surface area contributed by atoms with Crippen molar-refractivity contribution in [3.63, 3.8) is 0 Å². The molecule has 0 aromatic rings. The molecule has 5 N–H and O–H groups in total. The fourth-order valence-corrected chi connectivity index (χ4v) is 0.548. The Hall–Kier alpha value is -0.700. The average Bonchev–Trinajstić information content (AvgIpc) is 1.83.